The van der Waals surface area contributed by atoms with E-state index in [1.165, 1.54) is 19.4 Å². The third-order valence-electron chi connectivity index (χ3n) is 2.63. The molecule has 2 heteroatoms. The van der Waals surface area contributed by atoms with Gasteiger partial charge in [-0.3, -0.25) is 0 Å². The lowest BCUT2D eigenvalue weighted by Gasteiger charge is -2.38. The van der Waals surface area contributed by atoms with Crippen LogP contribution < -0.4 is 5.32 Å². The number of methoxy groups -OCH3 is 1. The Bertz CT molecular complexity index is 122. The number of ether oxygens (including phenoxy) is 1. The van der Waals surface area contributed by atoms with Crippen molar-refractivity contribution in [2.24, 2.45) is 11.8 Å². The van der Waals surface area contributed by atoms with Crippen molar-refractivity contribution in [1.29, 1.82) is 0 Å². The van der Waals surface area contributed by atoms with Gasteiger partial charge in [0, 0.05) is 25.6 Å². The van der Waals surface area contributed by atoms with Crippen LogP contribution in [0.15, 0.2) is 0 Å². The molecule has 0 radical (unpaired) electrons. The first-order chi connectivity index (χ1) is 4.92. The lowest BCUT2D eigenvalue weighted by Crippen LogP contribution is -2.55. The molecule has 0 amide bonds. The molecule has 1 saturated carbocycles. The molecule has 1 N–H and O–H groups in total. The van der Waals surface area contributed by atoms with E-state index in [-0.39, 0.29) is 0 Å². The summed E-state index contributed by atoms with van der Waals surface area (Å²) in [6.45, 7) is 2.13. The summed E-state index contributed by atoms with van der Waals surface area (Å²) in [6, 6.07) is 0.806. The molecule has 2 atom stereocenters. The molecule has 2 nitrogen and oxygen atoms in total. The third kappa shape index (κ3) is 1.06. The first-order valence-corrected chi connectivity index (χ1v) is 4.14. The van der Waals surface area contributed by atoms with Crippen LogP contribution in [0.25, 0.3) is 0 Å². The van der Waals surface area contributed by atoms with Gasteiger partial charge in [0.1, 0.15) is 0 Å². The summed E-state index contributed by atoms with van der Waals surface area (Å²) in [5.41, 5.74) is 0. The van der Waals surface area contributed by atoms with Crippen molar-refractivity contribution >= 4 is 0 Å². The lowest BCUT2D eigenvalue weighted by atomic mass is 9.89. The summed E-state index contributed by atoms with van der Waals surface area (Å²) in [5.74, 6) is 1.81. The second-order valence-electron chi connectivity index (χ2n) is 3.49. The number of hydrogen-bond donors (Lipinski definition) is 1. The summed E-state index contributed by atoms with van der Waals surface area (Å²) >= 11 is 0. The summed E-state index contributed by atoms with van der Waals surface area (Å²) in [5, 5.41) is 3.46. The molecule has 1 heterocycles. The Balaban J connectivity index is 1.76. The van der Waals surface area contributed by atoms with Gasteiger partial charge in [0.2, 0.25) is 0 Å². The van der Waals surface area contributed by atoms with Crippen LogP contribution in [0.2, 0.25) is 0 Å². The largest absolute Gasteiger partial charge is 0.384 e. The van der Waals surface area contributed by atoms with E-state index in [2.05, 4.69) is 5.32 Å². The second kappa shape index (κ2) is 2.51. The van der Waals surface area contributed by atoms with Gasteiger partial charge in [0.25, 0.3) is 0 Å². The van der Waals surface area contributed by atoms with E-state index in [1.807, 2.05) is 0 Å². The van der Waals surface area contributed by atoms with Crippen LogP contribution in [0, 0.1) is 11.8 Å². The molecule has 10 heavy (non-hydrogen) atoms. The average molecular weight is 141 g/mol. The van der Waals surface area contributed by atoms with Crippen molar-refractivity contribution in [1.82, 2.24) is 5.32 Å². The molecule has 58 valence electrons. The third-order valence-corrected chi connectivity index (χ3v) is 2.63. The van der Waals surface area contributed by atoms with Gasteiger partial charge in [0.05, 0.1) is 6.61 Å². The molecular formula is C8H15NO. The summed E-state index contributed by atoms with van der Waals surface area (Å²) in [4.78, 5) is 0. The zero-order valence-corrected chi connectivity index (χ0v) is 6.47. The first-order valence-electron chi connectivity index (χ1n) is 4.14. The lowest BCUT2D eigenvalue weighted by molar-refractivity contribution is 0.0797. The SMILES string of the molecule is COCC1CNC1C1CC1. The monoisotopic (exact) mass is 141 g/mol. The van der Waals surface area contributed by atoms with E-state index < -0.39 is 0 Å². The van der Waals surface area contributed by atoms with E-state index >= 15 is 0 Å². The van der Waals surface area contributed by atoms with Gasteiger partial charge in [0.15, 0.2) is 0 Å². The van der Waals surface area contributed by atoms with Crippen molar-refractivity contribution < 1.29 is 4.74 Å². The van der Waals surface area contributed by atoms with Gasteiger partial charge in [-0.15, -0.1) is 0 Å². The number of hydrogen-bond acceptors (Lipinski definition) is 2. The highest BCUT2D eigenvalue weighted by Crippen LogP contribution is 2.38. The maximum atomic E-state index is 5.11. The van der Waals surface area contributed by atoms with Crippen molar-refractivity contribution in [2.75, 3.05) is 20.3 Å². The maximum Gasteiger partial charge on any atom is 0.0517 e. The Labute approximate surface area is 61.9 Å². The van der Waals surface area contributed by atoms with E-state index in [9.17, 15) is 0 Å². The smallest absolute Gasteiger partial charge is 0.0517 e. The van der Waals surface area contributed by atoms with Crippen molar-refractivity contribution in [3.8, 4) is 0 Å². The Morgan fingerprint density at radius 3 is 2.70 bits per heavy atom. The van der Waals surface area contributed by atoms with Crippen LogP contribution in [0.3, 0.4) is 0 Å². The van der Waals surface area contributed by atoms with Gasteiger partial charge >= 0.3 is 0 Å². The molecule has 0 aromatic rings. The fraction of sp³-hybridized carbons (Fsp3) is 1.00. The normalized spacial score (nSPS) is 39.3. The number of rotatable bonds is 3. The minimum absolute atomic E-state index is 0.806. The highest BCUT2D eigenvalue weighted by Gasteiger charge is 2.41. The predicted molar refractivity (Wildman–Crippen MR) is 39.9 cm³/mol. The zero-order valence-electron chi connectivity index (χ0n) is 6.47. The molecule has 0 aromatic heterocycles. The highest BCUT2D eigenvalue weighted by atomic mass is 16.5. The Morgan fingerprint density at radius 1 is 1.50 bits per heavy atom. The fourth-order valence-electron chi connectivity index (χ4n) is 1.80. The predicted octanol–water partition coefficient (Wildman–Crippen LogP) is 0.631. The molecule has 0 spiro atoms. The zero-order chi connectivity index (χ0) is 6.97. The van der Waals surface area contributed by atoms with E-state index in [0.29, 0.717) is 0 Å². The number of nitrogens with one attached hydrogen (secondary N) is 1. The molecule has 1 saturated heterocycles. The average Bonchev–Trinajstić information content (AvgIpc) is 2.64. The standard InChI is InChI=1S/C8H15NO/c1-10-5-7-4-9-8(7)6-2-3-6/h6-9H,2-5H2,1H3. The van der Waals surface area contributed by atoms with Crippen molar-refractivity contribution in [3.63, 3.8) is 0 Å². The van der Waals surface area contributed by atoms with Crippen LogP contribution in [0.1, 0.15) is 12.8 Å². The Morgan fingerprint density at radius 2 is 2.30 bits per heavy atom. The van der Waals surface area contributed by atoms with Crippen molar-refractivity contribution in [3.05, 3.63) is 0 Å². The van der Waals surface area contributed by atoms with E-state index in [4.69, 9.17) is 4.74 Å². The molecule has 2 unspecified atom stereocenters. The minimum Gasteiger partial charge on any atom is -0.384 e. The van der Waals surface area contributed by atoms with Gasteiger partial charge in [-0.25, -0.2) is 0 Å². The molecule has 0 bridgehead atoms. The quantitative estimate of drug-likeness (QED) is 0.622. The highest BCUT2D eigenvalue weighted by molar-refractivity contribution is 4.97. The molecular weight excluding hydrogens is 126 g/mol. The molecule has 0 aromatic carbocycles. The first kappa shape index (κ1) is 6.62. The molecule has 1 aliphatic carbocycles. The van der Waals surface area contributed by atoms with Gasteiger partial charge in [-0.05, 0) is 18.8 Å². The van der Waals surface area contributed by atoms with Crippen molar-refractivity contribution in [2.45, 2.75) is 18.9 Å². The maximum absolute atomic E-state index is 5.11. The molecule has 1 aliphatic heterocycles. The van der Waals surface area contributed by atoms with Crippen LogP contribution in [-0.4, -0.2) is 26.3 Å². The molecule has 2 fully saturated rings. The summed E-state index contributed by atoms with van der Waals surface area (Å²) < 4.78 is 5.11. The van der Waals surface area contributed by atoms with Crippen LogP contribution in [0.4, 0.5) is 0 Å². The van der Waals surface area contributed by atoms with Gasteiger partial charge in [-0.1, -0.05) is 0 Å². The molecule has 2 aliphatic rings. The van der Waals surface area contributed by atoms with Crippen LogP contribution in [-0.2, 0) is 4.74 Å². The summed E-state index contributed by atoms with van der Waals surface area (Å²) in [6.07, 6.45) is 2.88. The summed E-state index contributed by atoms with van der Waals surface area (Å²) in [7, 11) is 1.79. The van der Waals surface area contributed by atoms with Gasteiger partial charge < -0.3 is 10.1 Å². The Hall–Kier alpha value is -0.0800. The van der Waals surface area contributed by atoms with Crippen LogP contribution in [0.5, 0.6) is 0 Å². The fourth-order valence-corrected chi connectivity index (χ4v) is 1.80. The second-order valence-corrected chi connectivity index (χ2v) is 3.49. The van der Waals surface area contributed by atoms with Gasteiger partial charge in [-0.2, -0.15) is 0 Å². The Kier molecular flexibility index (Phi) is 1.66. The minimum atomic E-state index is 0.806. The molecule has 2 rings (SSSR count). The van der Waals surface area contributed by atoms with Crippen LogP contribution >= 0.6 is 0 Å². The van der Waals surface area contributed by atoms with E-state index in [0.717, 1.165) is 24.5 Å². The topological polar surface area (TPSA) is 21.3 Å². The van der Waals surface area contributed by atoms with E-state index in [1.54, 1.807) is 7.11 Å².